The number of nitrogens with zero attached hydrogens (tertiary/aromatic N) is 4. The third-order valence-corrected chi connectivity index (χ3v) is 4.79. The zero-order valence-corrected chi connectivity index (χ0v) is 14.1. The van der Waals surface area contributed by atoms with Crippen molar-refractivity contribution in [1.82, 2.24) is 25.1 Å². The molecule has 7 heteroatoms. The Morgan fingerprint density at radius 2 is 2.12 bits per heavy atom. The molecule has 26 heavy (non-hydrogen) atoms. The van der Waals surface area contributed by atoms with E-state index in [0.717, 1.165) is 41.7 Å². The van der Waals surface area contributed by atoms with E-state index in [-0.39, 0.29) is 0 Å². The SMILES string of the molecule is Nc1ncc(-c2cnn(C3CCNC3)c2)cc1-c1nc2ccccc2o1. The minimum Gasteiger partial charge on any atom is -0.436 e. The Balaban J connectivity index is 1.54. The van der Waals surface area contributed by atoms with Crippen LogP contribution < -0.4 is 11.1 Å². The molecule has 1 aliphatic heterocycles. The standard InChI is InChI=1S/C19H18N6O/c20-18-15(19-24-16-3-1-2-4-17(16)26-19)7-12(8-22-18)13-9-23-25(11-13)14-5-6-21-10-14/h1-4,7-9,11,14,21H,5-6,10H2,(H2,20,22). The maximum atomic E-state index is 6.09. The number of nitrogens with one attached hydrogen (secondary N) is 1. The van der Waals surface area contributed by atoms with Crippen LogP contribution in [0.15, 0.2) is 53.3 Å². The van der Waals surface area contributed by atoms with Crippen molar-refractivity contribution in [1.29, 1.82) is 0 Å². The molecule has 3 N–H and O–H groups in total. The number of pyridine rings is 1. The van der Waals surface area contributed by atoms with Gasteiger partial charge in [0.15, 0.2) is 5.58 Å². The van der Waals surface area contributed by atoms with Crippen molar-refractivity contribution in [2.45, 2.75) is 12.5 Å². The molecule has 0 bridgehead atoms. The fourth-order valence-corrected chi connectivity index (χ4v) is 3.34. The van der Waals surface area contributed by atoms with Gasteiger partial charge in [-0.15, -0.1) is 0 Å². The third-order valence-electron chi connectivity index (χ3n) is 4.79. The fraction of sp³-hybridized carbons (Fsp3) is 0.211. The minimum atomic E-state index is 0.396. The van der Waals surface area contributed by atoms with Crippen molar-refractivity contribution in [3.05, 3.63) is 48.9 Å². The maximum Gasteiger partial charge on any atom is 0.231 e. The summed E-state index contributed by atoms with van der Waals surface area (Å²) in [4.78, 5) is 8.87. The highest BCUT2D eigenvalue weighted by Crippen LogP contribution is 2.31. The number of benzene rings is 1. The third kappa shape index (κ3) is 2.53. The number of hydrogen-bond donors (Lipinski definition) is 2. The monoisotopic (exact) mass is 346 g/mol. The van der Waals surface area contributed by atoms with Crippen LogP contribution >= 0.6 is 0 Å². The van der Waals surface area contributed by atoms with Gasteiger partial charge in [-0.05, 0) is 31.2 Å². The quantitative estimate of drug-likeness (QED) is 0.592. The van der Waals surface area contributed by atoms with Gasteiger partial charge in [0.2, 0.25) is 5.89 Å². The summed E-state index contributed by atoms with van der Waals surface area (Å²) in [6, 6.07) is 10.0. The van der Waals surface area contributed by atoms with Crippen LogP contribution in [0.25, 0.3) is 33.7 Å². The highest BCUT2D eigenvalue weighted by molar-refractivity contribution is 5.80. The van der Waals surface area contributed by atoms with Crippen molar-refractivity contribution in [3.63, 3.8) is 0 Å². The minimum absolute atomic E-state index is 0.396. The fourth-order valence-electron chi connectivity index (χ4n) is 3.34. The van der Waals surface area contributed by atoms with Gasteiger partial charge in [0, 0.05) is 30.1 Å². The molecule has 4 aromatic rings. The van der Waals surface area contributed by atoms with E-state index in [2.05, 4.69) is 26.6 Å². The van der Waals surface area contributed by atoms with Crippen LogP contribution in [-0.2, 0) is 0 Å². The molecule has 3 aromatic heterocycles. The second kappa shape index (κ2) is 5.96. The lowest BCUT2D eigenvalue weighted by Crippen LogP contribution is -2.13. The van der Waals surface area contributed by atoms with E-state index in [0.29, 0.717) is 23.3 Å². The maximum absolute atomic E-state index is 6.09. The largest absolute Gasteiger partial charge is 0.436 e. The van der Waals surface area contributed by atoms with E-state index in [1.807, 2.05) is 41.2 Å². The summed E-state index contributed by atoms with van der Waals surface area (Å²) in [6.45, 7) is 1.99. The first-order chi connectivity index (χ1) is 12.8. The van der Waals surface area contributed by atoms with Crippen molar-refractivity contribution in [3.8, 4) is 22.6 Å². The van der Waals surface area contributed by atoms with Gasteiger partial charge in [-0.2, -0.15) is 5.10 Å². The molecule has 4 heterocycles. The average Bonchev–Trinajstić information content (AvgIpc) is 3.40. The number of nitrogen functional groups attached to an aromatic ring is 1. The predicted molar refractivity (Wildman–Crippen MR) is 99.4 cm³/mol. The summed E-state index contributed by atoms with van der Waals surface area (Å²) in [7, 11) is 0. The Morgan fingerprint density at radius 3 is 2.96 bits per heavy atom. The number of aromatic nitrogens is 4. The number of hydrogen-bond acceptors (Lipinski definition) is 6. The summed E-state index contributed by atoms with van der Waals surface area (Å²) in [5, 5.41) is 7.87. The van der Waals surface area contributed by atoms with E-state index < -0.39 is 0 Å². The lowest BCUT2D eigenvalue weighted by molar-refractivity contribution is 0.491. The predicted octanol–water partition coefficient (Wildman–Crippen LogP) is 2.87. The number of fused-ring (bicyclic) bond motifs is 1. The molecule has 0 amide bonds. The summed E-state index contributed by atoms with van der Waals surface area (Å²) >= 11 is 0. The molecular weight excluding hydrogens is 328 g/mol. The summed E-state index contributed by atoms with van der Waals surface area (Å²) in [6.07, 6.45) is 6.77. The highest BCUT2D eigenvalue weighted by atomic mass is 16.3. The molecule has 1 unspecified atom stereocenters. The van der Waals surface area contributed by atoms with Crippen LogP contribution in [0.4, 0.5) is 5.82 Å². The Hall–Kier alpha value is -3.19. The van der Waals surface area contributed by atoms with Gasteiger partial charge >= 0.3 is 0 Å². The van der Waals surface area contributed by atoms with Gasteiger partial charge in [0.1, 0.15) is 11.3 Å². The first-order valence-electron chi connectivity index (χ1n) is 8.64. The summed E-state index contributed by atoms with van der Waals surface area (Å²) in [5.41, 5.74) is 10.2. The zero-order valence-electron chi connectivity index (χ0n) is 14.1. The Morgan fingerprint density at radius 1 is 1.19 bits per heavy atom. The molecule has 1 atom stereocenters. The Bertz CT molecular complexity index is 1040. The molecule has 1 aromatic carbocycles. The number of anilines is 1. The van der Waals surface area contributed by atoms with E-state index in [1.54, 1.807) is 6.20 Å². The van der Waals surface area contributed by atoms with Crippen LogP contribution in [0.3, 0.4) is 0 Å². The molecule has 0 saturated carbocycles. The van der Waals surface area contributed by atoms with E-state index >= 15 is 0 Å². The lowest BCUT2D eigenvalue weighted by Gasteiger charge is -2.08. The van der Waals surface area contributed by atoms with Crippen molar-refractivity contribution < 1.29 is 4.42 Å². The normalized spacial score (nSPS) is 17.2. The van der Waals surface area contributed by atoms with Gasteiger partial charge in [-0.1, -0.05) is 12.1 Å². The van der Waals surface area contributed by atoms with E-state index in [4.69, 9.17) is 10.2 Å². The molecule has 1 saturated heterocycles. The van der Waals surface area contributed by atoms with Crippen LogP contribution in [0.2, 0.25) is 0 Å². The van der Waals surface area contributed by atoms with Crippen molar-refractivity contribution in [2.24, 2.45) is 0 Å². The van der Waals surface area contributed by atoms with Gasteiger partial charge in [-0.3, -0.25) is 4.68 Å². The number of nitrogens with two attached hydrogens (primary N) is 1. The van der Waals surface area contributed by atoms with Gasteiger partial charge in [0.05, 0.1) is 17.8 Å². The zero-order chi connectivity index (χ0) is 17.5. The molecule has 0 aliphatic carbocycles. The summed E-state index contributed by atoms with van der Waals surface area (Å²) in [5.74, 6) is 0.873. The number of oxazole rings is 1. The second-order valence-electron chi connectivity index (χ2n) is 6.50. The van der Waals surface area contributed by atoms with Crippen LogP contribution in [0.5, 0.6) is 0 Å². The Labute approximate surface area is 149 Å². The second-order valence-corrected chi connectivity index (χ2v) is 6.50. The first kappa shape index (κ1) is 15.1. The molecule has 1 fully saturated rings. The molecule has 0 spiro atoms. The molecule has 5 rings (SSSR count). The van der Waals surface area contributed by atoms with Crippen LogP contribution in [0.1, 0.15) is 12.5 Å². The number of para-hydroxylation sites is 2. The van der Waals surface area contributed by atoms with Gasteiger partial charge in [0.25, 0.3) is 0 Å². The van der Waals surface area contributed by atoms with Gasteiger partial charge in [-0.25, -0.2) is 9.97 Å². The van der Waals surface area contributed by atoms with Crippen LogP contribution in [0, 0.1) is 0 Å². The van der Waals surface area contributed by atoms with E-state index in [9.17, 15) is 0 Å². The topological polar surface area (TPSA) is 94.8 Å². The van der Waals surface area contributed by atoms with Crippen molar-refractivity contribution in [2.75, 3.05) is 18.8 Å². The average molecular weight is 346 g/mol. The summed E-state index contributed by atoms with van der Waals surface area (Å²) < 4.78 is 7.87. The lowest BCUT2D eigenvalue weighted by atomic mass is 10.1. The smallest absolute Gasteiger partial charge is 0.231 e. The molecule has 7 nitrogen and oxygen atoms in total. The molecule has 130 valence electrons. The molecular formula is C19H18N6O. The highest BCUT2D eigenvalue weighted by Gasteiger charge is 2.18. The molecule has 0 radical (unpaired) electrons. The number of rotatable bonds is 3. The molecule has 1 aliphatic rings. The van der Waals surface area contributed by atoms with Crippen molar-refractivity contribution >= 4 is 16.9 Å². The Kier molecular flexibility index (Phi) is 3.46. The van der Waals surface area contributed by atoms with E-state index in [1.165, 1.54) is 0 Å². The van der Waals surface area contributed by atoms with Gasteiger partial charge < -0.3 is 15.5 Å². The first-order valence-corrected chi connectivity index (χ1v) is 8.64. The van der Waals surface area contributed by atoms with Crippen LogP contribution in [-0.4, -0.2) is 32.8 Å².